The van der Waals surface area contributed by atoms with Crippen LogP contribution in [-0.4, -0.2) is 45.5 Å². The first-order chi connectivity index (χ1) is 16.3. The average Bonchev–Trinajstić information content (AvgIpc) is 3.22. The largest absolute Gasteiger partial charge is 0.497 e. The van der Waals surface area contributed by atoms with Gasteiger partial charge in [0, 0.05) is 17.6 Å². The lowest BCUT2D eigenvalue weighted by Gasteiger charge is -2.34. The lowest BCUT2D eigenvalue weighted by atomic mass is 10.1. The van der Waals surface area contributed by atoms with E-state index in [-0.39, 0.29) is 30.4 Å². The molecule has 7 heteroatoms. The van der Waals surface area contributed by atoms with E-state index in [0.29, 0.717) is 17.1 Å². The van der Waals surface area contributed by atoms with Gasteiger partial charge in [-0.25, -0.2) is 4.98 Å². The third-order valence-corrected chi connectivity index (χ3v) is 6.48. The molecule has 2 aromatic carbocycles. The number of hydrogen-bond donors (Lipinski definition) is 1. The van der Waals surface area contributed by atoms with E-state index in [9.17, 15) is 9.59 Å². The van der Waals surface area contributed by atoms with E-state index in [1.54, 1.807) is 31.4 Å². The highest BCUT2D eigenvalue weighted by Crippen LogP contribution is 2.23. The lowest BCUT2D eigenvalue weighted by Crippen LogP contribution is -2.46. The van der Waals surface area contributed by atoms with E-state index in [2.05, 4.69) is 33.0 Å². The first kappa shape index (κ1) is 25.3. The van der Waals surface area contributed by atoms with Gasteiger partial charge in [-0.05, 0) is 70.0 Å². The van der Waals surface area contributed by atoms with Crippen molar-refractivity contribution in [1.82, 2.24) is 19.8 Å². The molecule has 0 saturated carbocycles. The van der Waals surface area contributed by atoms with Gasteiger partial charge in [0.2, 0.25) is 5.91 Å². The Morgan fingerprint density at radius 3 is 2.21 bits per heavy atom. The van der Waals surface area contributed by atoms with Crippen LogP contribution in [0.2, 0.25) is 0 Å². The second-order valence-electron chi connectivity index (χ2n) is 8.78. The molecule has 0 radical (unpaired) electrons. The molecule has 0 aliphatic carbocycles. The molecule has 0 aliphatic heterocycles. The Morgan fingerprint density at radius 1 is 1.00 bits per heavy atom. The van der Waals surface area contributed by atoms with Crippen LogP contribution in [0.25, 0.3) is 11.0 Å². The van der Waals surface area contributed by atoms with Crippen LogP contribution < -0.4 is 10.1 Å². The van der Waals surface area contributed by atoms with Crippen molar-refractivity contribution in [2.45, 2.75) is 72.1 Å². The van der Waals surface area contributed by atoms with Crippen LogP contribution in [0.3, 0.4) is 0 Å². The molecule has 0 spiro atoms. The second-order valence-corrected chi connectivity index (χ2v) is 8.78. The molecule has 0 saturated heterocycles. The van der Waals surface area contributed by atoms with E-state index < -0.39 is 6.04 Å². The van der Waals surface area contributed by atoms with E-state index >= 15 is 0 Å². The summed E-state index contributed by atoms with van der Waals surface area (Å²) in [5.74, 6) is 1.20. The third-order valence-electron chi connectivity index (χ3n) is 6.48. The highest BCUT2D eigenvalue weighted by atomic mass is 16.5. The molecule has 1 N–H and O–H groups in total. The lowest BCUT2D eigenvalue weighted by molar-refractivity contribution is -0.136. The maximum Gasteiger partial charge on any atom is 0.251 e. The van der Waals surface area contributed by atoms with Crippen LogP contribution in [0.4, 0.5) is 0 Å². The van der Waals surface area contributed by atoms with Crippen LogP contribution in [0.15, 0.2) is 48.5 Å². The molecule has 1 heterocycles. The minimum atomic E-state index is -0.393. The summed E-state index contributed by atoms with van der Waals surface area (Å²) in [6.07, 6.45) is 1.78. The molecule has 2 amide bonds. The van der Waals surface area contributed by atoms with Crippen molar-refractivity contribution >= 4 is 22.8 Å². The van der Waals surface area contributed by atoms with E-state index in [0.717, 1.165) is 23.9 Å². The Bertz CT molecular complexity index is 1110. The first-order valence-corrected chi connectivity index (χ1v) is 12.0. The molecule has 182 valence electrons. The van der Waals surface area contributed by atoms with Crippen molar-refractivity contribution in [1.29, 1.82) is 0 Å². The fraction of sp³-hybridized carbons (Fsp3) is 0.444. The van der Waals surface area contributed by atoms with Gasteiger partial charge in [0.05, 0.1) is 24.2 Å². The van der Waals surface area contributed by atoms with Crippen molar-refractivity contribution in [3.05, 3.63) is 59.9 Å². The normalized spacial score (nSPS) is 13.8. The summed E-state index contributed by atoms with van der Waals surface area (Å²) in [6, 6.07) is 14.6. The Morgan fingerprint density at radius 2 is 1.62 bits per heavy atom. The highest BCUT2D eigenvalue weighted by molar-refractivity contribution is 5.94. The van der Waals surface area contributed by atoms with E-state index in [4.69, 9.17) is 9.72 Å². The van der Waals surface area contributed by atoms with Crippen molar-refractivity contribution < 1.29 is 14.3 Å². The Labute approximate surface area is 202 Å². The number of imidazole rings is 1. The van der Waals surface area contributed by atoms with Gasteiger partial charge in [-0.3, -0.25) is 9.59 Å². The predicted octanol–water partition coefficient (Wildman–Crippen LogP) is 4.96. The number of para-hydroxylation sites is 2. The number of amides is 2. The number of hydrogen-bond acceptors (Lipinski definition) is 4. The van der Waals surface area contributed by atoms with E-state index in [1.807, 2.05) is 40.7 Å². The third kappa shape index (κ3) is 5.41. The summed E-state index contributed by atoms with van der Waals surface area (Å²) < 4.78 is 7.11. The predicted molar refractivity (Wildman–Crippen MR) is 135 cm³/mol. The number of nitrogens with zero attached hydrogens (tertiary/aromatic N) is 3. The minimum Gasteiger partial charge on any atom is -0.497 e. The molecule has 3 rings (SSSR count). The zero-order valence-electron chi connectivity index (χ0n) is 21.0. The van der Waals surface area contributed by atoms with Gasteiger partial charge in [-0.1, -0.05) is 26.0 Å². The second kappa shape index (κ2) is 11.2. The Hall–Kier alpha value is -3.35. The topological polar surface area (TPSA) is 76.5 Å². The van der Waals surface area contributed by atoms with Gasteiger partial charge in [0.1, 0.15) is 18.1 Å². The number of methoxy groups -OCH3 is 1. The van der Waals surface area contributed by atoms with Gasteiger partial charge in [-0.15, -0.1) is 0 Å². The number of rotatable bonds is 10. The van der Waals surface area contributed by atoms with Crippen molar-refractivity contribution in [3.63, 3.8) is 0 Å². The van der Waals surface area contributed by atoms with Gasteiger partial charge in [0.15, 0.2) is 0 Å². The van der Waals surface area contributed by atoms with Crippen LogP contribution >= 0.6 is 0 Å². The molecule has 0 aliphatic rings. The number of benzene rings is 2. The molecular formula is C27H36N4O3. The van der Waals surface area contributed by atoms with Crippen molar-refractivity contribution in [2.24, 2.45) is 0 Å². The monoisotopic (exact) mass is 464 g/mol. The van der Waals surface area contributed by atoms with Gasteiger partial charge < -0.3 is 19.5 Å². The molecule has 1 aromatic heterocycles. The van der Waals surface area contributed by atoms with Gasteiger partial charge in [0.25, 0.3) is 5.91 Å². The number of fused-ring (bicyclic) bond motifs is 1. The standard InChI is InChI=1S/C27H36N4O3/c1-7-18(3)31(19(4)8-2)25(32)17-30-24-12-10-9-11-23(24)29-26(30)20(5)28-27(33)21-13-15-22(34-6)16-14-21/h9-16,18-20H,7-8,17H2,1-6H3,(H,28,33). The number of aromatic nitrogens is 2. The van der Waals surface area contributed by atoms with Gasteiger partial charge in [-0.2, -0.15) is 0 Å². The van der Waals surface area contributed by atoms with Crippen molar-refractivity contribution in [2.75, 3.05) is 7.11 Å². The molecule has 0 bridgehead atoms. The molecule has 7 nitrogen and oxygen atoms in total. The molecule has 3 aromatic rings. The molecule has 34 heavy (non-hydrogen) atoms. The maximum absolute atomic E-state index is 13.5. The van der Waals surface area contributed by atoms with Crippen LogP contribution in [0, 0.1) is 0 Å². The molecular weight excluding hydrogens is 428 g/mol. The fourth-order valence-corrected chi connectivity index (χ4v) is 4.21. The summed E-state index contributed by atoms with van der Waals surface area (Å²) in [7, 11) is 1.59. The number of ether oxygens (including phenoxy) is 1. The number of nitrogens with one attached hydrogen (secondary N) is 1. The van der Waals surface area contributed by atoms with Crippen molar-refractivity contribution in [3.8, 4) is 5.75 Å². The average molecular weight is 465 g/mol. The fourth-order valence-electron chi connectivity index (χ4n) is 4.21. The first-order valence-electron chi connectivity index (χ1n) is 12.0. The quantitative estimate of drug-likeness (QED) is 0.460. The highest BCUT2D eigenvalue weighted by Gasteiger charge is 2.26. The summed E-state index contributed by atoms with van der Waals surface area (Å²) in [4.78, 5) is 33.2. The molecule has 0 fully saturated rings. The van der Waals surface area contributed by atoms with Crippen LogP contribution in [-0.2, 0) is 11.3 Å². The number of carbonyl (C=O) groups excluding carboxylic acids is 2. The number of carbonyl (C=O) groups is 2. The maximum atomic E-state index is 13.5. The minimum absolute atomic E-state index is 0.0572. The molecule has 3 unspecified atom stereocenters. The molecule has 3 atom stereocenters. The van der Waals surface area contributed by atoms with Crippen LogP contribution in [0.5, 0.6) is 5.75 Å². The van der Waals surface area contributed by atoms with Gasteiger partial charge >= 0.3 is 0 Å². The summed E-state index contributed by atoms with van der Waals surface area (Å²) >= 11 is 0. The van der Waals surface area contributed by atoms with Crippen LogP contribution in [0.1, 0.15) is 69.7 Å². The summed E-state index contributed by atoms with van der Waals surface area (Å²) in [5, 5.41) is 3.03. The summed E-state index contributed by atoms with van der Waals surface area (Å²) in [5.41, 5.74) is 2.21. The zero-order chi connectivity index (χ0) is 24.8. The Kier molecular flexibility index (Phi) is 8.31. The Balaban J connectivity index is 1.90. The zero-order valence-corrected chi connectivity index (χ0v) is 21.0. The SMILES string of the molecule is CCC(C)N(C(=O)Cn1c(C(C)NC(=O)c2ccc(OC)cc2)nc2ccccc21)C(C)CC. The van der Waals surface area contributed by atoms with E-state index in [1.165, 1.54) is 0 Å². The smallest absolute Gasteiger partial charge is 0.251 e. The summed E-state index contributed by atoms with van der Waals surface area (Å²) in [6.45, 7) is 10.5.